The van der Waals surface area contributed by atoms with Gasteiger partial charge in [0.15, 0.2) is 0 Å². The van der Waals surface area contributed by atoms with Crippen LogP contribution in [-0.2, 0) is 4.74 Å². The van der Waals surface area contributed by atoms with Crippen LogP contribution in [0.5, 0.6) is 0 Å². The van der Waals surface area contributed by atoms with Crippen LogP contribution >= 0.6 is 0 Å². The van der Waals surface area contributed by atoms with Gasteiger partial charge in [-0.25, -0.2) is 8.78 Å². The molecule has 4 heteroatoms. The minimum atomic E-state index is -2.80. The van der Waals surface area contributed by atoms with E-state index in [-0.39, 0.29) is 6.42 Å². The molecule has 1 rings (SSSR count). The normalized spacial score (nSPS) is 29.4. The molecule has 11 heavy (non-hydrogen) atoms. The summed E-state index contributed by atoms with van der Waals surface area (Å²) in [6.07, 6.45) is 0.219. The maximum Gasteiger partial charge on any atom is 0.274 e. The number of hydrogen-bond acceptors (Lipinski definition) is 2. The van der Waals surface area contributed by atoms with Gasteiger partial charge in [-0.15, -0.1) is 0 Å². The smallest absolute Gasteiger partial charge is 0.274 e. The highest BCUT2D eigenvalue weighted by Crippen LogP contribution is 2.33. The molecular formula is C7H9F2NO. The lowest BCUT2D eigenvalue weighted by Gasteiger charge is -2.29. The zero-order valence-electron chi connectivity index (χ0n) is 6.02. The van der Waals surface area contributed by atoms with Gasteiger partial charge in [-0.2, -0.15) is 5.26 Å². The summed E-state index contributed by atoms with van der Waals surface area (Å²) in [4.78, 5) is 0. The number of hydrogen-bond donors (Lipinski definition) is 0. The topological polar surface area (TPSA) is 33.0 Å². The Morgan fingerprint density at radius 1 is 1.64 bits per heavy atom. The van der Waals surface area contributed by atoms with Crippen LogP contribution in [0.4, 0.5) is 8.78 Å². The Kier molecular flexibility index (Phi) is 2.40. The maximum absolute atomic E-state index is 12.8. The summed E-state index contributed by atoms with van der Waals surface area (Å²) < 4.78 is 30.2. The lowest BCUT2D eigenvalue weighted by Crippen LogP contribution is -2.38. The average Bonchev–Trinajstić information content (AvgIpc) is 1.94. The average molecular weight is 161 g/mol. The minimum absolute atomic E-state index is 0.0731. The summed E-state index contributed by atoms with van der Waals surface area (Å²) in [6.45, 7) is -0.179. The number of nitriles is 1. The Labute approximate surface area is 63.8 Å². The summed E-state index contributed by atoms with van der Waals surface area (Å²) in [5, 5.41) is 8.23. The molecule has 0 saturated carbocycles. The van der Waals surface area contributed by atoms with Crippen LogP contribution in [0, 0.1) is 17.2 Å². The zero-order chi connectivity index (χ0) is 8.32. The zero-order valence-corrected chi connectivity index (χ0v) is 6.02. The SMILES string of the molecule is N#CCC1CCOCC1(F)F. The molecule has 1 aliphatic heterocycles. The Hall–Kier alpha value is -0.690. The first-order chi connectivity index (χ1) is 5.17. The van der Waals surface area contributed by atoms with E-state index in [1.54, 1.807) is 6.07 Å². The second-order valence-corrected chi connectivity index (χ2v) is 2.66. The molecule has 0 amide bonds. The molecule has 0 aromatic rings. The van der Waals surface area contributed by atoms with Crippen molar-refractivity contribution in [1.82, 2.24) is 0 Å². The molecular weight excluding hydrogens is 152 g/mol. The van der Waals surface area contributed by atoms with Gasteiger partial charge in [0, 0.05) is 18.9 Å². The van der Waals surface area contributed by atoms with E-state index >= 15 is 0 Å². The second-order valence-electron chi connectivity index (χ2n) is 2.66. The molecule has 0 aliphatic carbocycles. The van der Waals surface area contributed by atoms with Gasteiger partial charge in [0.1, 0.15) is 6.61 Å². The van der Waals surface area contributed by atoms with Crippen molar-refractivity contribution < 1.29 is 13.5 Å². The molecule has 1 unspecified atom stereocenters. The lowest BCUT2D eigenvalue weighted by atomic mass is 9.93. The lowest BCUT2D eigenvalue weighted by molar-refractivity contribution is -0.152. The van der Waals surface area contributed by atoms with Crippen LogP contribution in [0.3, 0.4) is 0 Å². The summed E-state index contributed by atoms with van der Waals surface area (Å²) in [5.41, 5.74) is 0. The molecule has 62 valence electrons. The molecule has 0 radical (unpaired) electrons. The van der Waals surface area contributed by atoms with E-state index in [2.05, 4.69) is 4.74 Å². The molecule has 0 aromatic carbocycles. The molecule has 0 aromatic heterocycles. The number of ether oxygens (including phenoxy) is 1. The largest absolute Gasteiger partial charge is 0.375 e. The predicted octanol–water partition coefficient (Wildman–Crippen LogP) is 1.57. The third-order valence-corrected chi connectivity index (χ3v) is 1.84. The van der Waals surface area contributed by atoms with Gasteiger partial charge in [0.2, 0.25) is 0 Å². The molecule has 0 bridgehead atoms. The van der Waals surface area contributed by atoms with Crippen molar-refractivity contribution in [2.75, 3.05) is 13.2 Å². The molecule has 1 fully saturated rings. The molecule has 2 nitrogen and oxygen atoms in total. The van der Waals surface area contributed by atoms with Crippen molar-refractivity contribution in [2.24, 2.45) is 5.92 Å². The highest BCUT2D eigenvalue weighted by Gasteiger charge is 2.41. The summed E-state index contributed by atoms with van der Waals surface area (Å²) >= 11 is 0. The molecule has 0 spiro atoms. The Balaban J connectivity index is 2.54. The van der Waals surface area contributed by atoms with Gasteiger partial charge >= 0.3 is 0 Å². The quantitative estimate of drug-likeness (QED) is 0.584. The van der Waals surface area contributed by atoms with Crippen molar-refractivity contribution in [2.45, 2.75) is 18.8 Å². The highest BCUT2D eigenvalue weighted by molar-refractivity contribution is 4.87. The number of alkyl halides is 2. The fourth-order valence-electron chi connectivity index (χ4n) is 1.12. The van der Waals surface area contributed by atoms with Crippen LogP contribution in [0.15, 0.2) is 0 Å². The van der Waals surface area contributed by atoms with Gasteiger partial charge in [-0.3, -0.25) is 0 Å². The second kappa shape index (κ2) is 3.14. The van der Waals surface area contributed by atoms with Crippen molar-refractivity contribution in [3.8, 4) is 6.07 Å². The number of halogens is 2. The van der Waals surface area contributed by atoms with E-state index < -0.39 is 18.4 Å². The van der Waals surface area contributed by atoms with Gasteiger partial charge in [-0.05, 0) is 6.42 Å². The minimum Gasteiger partial charge on any atom is -0.375 e. The van der Waals surface area contributed by atoms with E-state index in [1.807, 2.05) is 0 Å². The van der Waals surface area contributed by atoms with E-state index in [4.69, 9.17) is 5.26 Å². The molecule has 1 aliphatic rings. The van der Waals surface area contributed by atoms with Crippen LogP contribution in [-0.4, -0.2) is 19.1 Å². The first-order valence-corrected chi connectivity index (χ1v) is 3.49. The van der Waals surface area contributed by atoms with Gasteiger partial charge < -0.3 is 4.74 Å². The Morgan fingerprint density at radius 2 is 2.36 bits per heavy atom. The molecule has 0 N–H and O–H groups in total. The van der Waals surface area contributed by atoms with Gasteiger partial charge in [0.05, 0.1) is 6.07 Å². The summed E-state index contributed by atoms with van der Waals surface area (Å²) in [5.74, 6) is -3.60. The monoisotopic (exact) mass is 161 g/mol. The van der Waals surface area contributed by atoms with Crippen molar-refractivity contribution in [3.05, 3.63) is 0 Å². The van der Waals surface area contributed by atoms with Crippen molar-refractivity contribution >= 4 is 0 Å². The van der Waals surface area contributed by atoms with Crippen molar-refractivity contribution in [3.63, 3.8) is 0 Å². The highest BCUT2D eigenvalue weighted by atomic mass is 19.3. The van der Waals surface area contributed by atoms with Gasteiger partial charge in [-0.1, -0.05) is 0 Å². The van der Waals surface area contributed by atoms with E-state index in [0.29, 0.717) is 13.0 Å². The van der Waals surface area contributed by atoms with E-state index in [0.717, 1.165) is 0 Å². The number of rotatable bonds is 1. The maximum atomic E-state index is 12.8. The standard InChI is InChI=1S/C7H9F2NO/c8-7(9)5-11-4-2-6(7)1-3-10/h6H,1-2,4-5H2. The van der Waals surface area contributed by atoms with E-state index in [1.165, 1.54) is 0 Å². The molecule has 1 heterocycles. The van der Waals surface area contributed by atoms with E-state index in [9.17, 15) is 8.78 Å². The number of nitrogens with zero attached hydrogens (tertiary/aromatic N) is 1. The summed E-state index contributed by atoms with van der Waals surface area (Å²) in [6, 6.07) is 1.76. The molecule has 1 atom stereocenters. The van der Waals surface area contributed by atoms with Crippen LogP contribution in [0.25, 0.3) is 0 Å². The molecule has 1 saturated heterocycles. The third kappa shape index (κ3) is 1.87. The Bertz CT molecular complexity index is 176. The van der Waals surface area contributed by atoms with Crippen molar-refractivity contribution in [1.29, 1.82) is 5.26 Å². The van der Waals surface area contributed by atoms with Crippen LogP contribution < -0.4 is 0 Å². The summed E-state index contributed by atoms with van der Waals surface area (Å²) in [7, 11) is 0. The third-order valence-electron chi connectivity index (χ3n) is 1.84. The fraction of sp³-hybridized carbons (Fsp3) is 0.857. The Morgan fingerprint density at radius 3 is 2.91 bits per heavy atom. The first-order valence-electron chi connectivity index (χ1n) is 3.49. The van der Waals surface area contributed by atoms with Crippen LogP contribution in [0.1, 0.15) is 12.8 Å². The fourth-order valence-corrected chi connectivity index (χ4v) is 1.12. The first kappa shape index (κ1) is 8.41. The predicted molar refractivity (Wildman–Crippen MR) is 34.1 cm³/mol. The van der Waals surface area contributed by atoms with Crippen LogP contribution in [0.2, 0.25) is 0 Å². The van der Waals surface area contributed by atoms with Gasteiger partial charge in [0.25, 0.3) is 5.92 Å².